The van der Waals surface area contributed by atoms with Crippen LogP contribution in [0.1, 0.15) is 18.4 Å². The van der Waals surface area contributed by atoms with Crippen LogP contribution in [0.5, 0.6) is 0 Å². The first-order chi connectivity index (χ1) is 9.52. The van der Waals surface area contributed by atoms with Crippen LogP contribution < -0.4 is 21.5 Å². The van der Waals surface area contributed by atoms with Crippen LogP contribution in [0.3, 0.4) is 0 Å². The Balaban J connectivity index is 2.48. The lowest BCUT2D eigenvalue weighted by molar-refractivity contribution is -0.684. The van der Waals surface area contributed by atoms with Crippen molar-refractivity contribution in [3.05, 3.63) is 29.8 Å². The molecular weight excluding hydrogens is 258 g/mol. The van der Waals surface area contributed by atoms with Crippen molar-refractivity contribution in [1.29, 1.82) is 0 Å². The molecule has 6 nitrogen and oxygen atoms in total. The second kappa shape index (κ2) is 8.29. The van der Waals surface area contributed by atoms with E-state index in [1.165, 1.54) is 0 Å². The third-order valence-electron chi connectivity index (χ3n) is 2.95. The van der Waals surface area contributed by atoms with Crippen LogP contribution in [0, 0.1) is 6.92 Å². The zero-order valence-corrected chi connectivity index (χ0v) is 11.7. The molecule has 1 rings (SSSR count). The topological polar surface area (TPSA) is 113 Å². The molecule has 0 aliphatic heterocycles. The molecule has 6 heteroatoms. The number of benzene rings is 1. The van der Waals surface area contributed by atoms with Gasteiger partial charge in [-0.15, -0.1) is 0 Å². The summed E-state index contributed by atoms with van der Waals surface area (Å²) in [7, 11) is 0. The van der Waals surface area contributed by atoms with E-state index in [0.717, 1.165) is 18.5 Å². The molecule has 0 aliphatic carbocycles. The Hall–Kier alpha value is -1.92. The molecule has 0 aromatic heterocycles. The largest absolute Gasteiger partial charge is 0.544 e. The van der Waals surface area contributed by atoms with Crippen molar-refractivity contribution in [1.82, 2.24) is 0 Å². The predicted molar refractivity (Wildman–Crippen MR) is 72.4 cm³/mol. The smallest absolute Gasteiger partial charge is 0.230 e. The van der Waals surface area contributed by atoms with Gasteiger partial charge in [-0.3, -0.25) is 4.79 Å². The minimum absolute atomic E-state index is 0.104. The molecule has 20 heavy (non-hydrogen) atoms. The fourth-order valence-electron chi connectivity index (χ4n) is 1.77. The second-order valence-corrected chi connectivity index (χ2v) is 4.78. The summed E-state index contributed by atoms with van der Waals surface area (Å²) in [6.45, 7) is 3.32. The normalized spacial score (nSPS) is 11.9. The van der Waals surface area contributed by atoms with Crippen LogP contribution in [0.15, 0.2) is 24.3 Å². The molecule has 1 aromatic rings. The van der Waals surface area contributed by atoms with Crippen LogP contribution in [0.25, 0.3) is 0 Å². The number of carboxylic acid groups (broad SMARTS) is 1. The minimum Gasteiger partial charge on any atom is -0.544 e. The van der Waals surface area contributed by atoms with Crippen molar-refractivity contribution >= 4 is 17.6 Å². The van der Waals surface area contributed by atoms with Gasteiger partial charge in [0.2, 0.25) is 5.91 Å². The number of rotatable bonds is 8. The molecule has 110 valence electrons. The Morgan fingerprint density at radius 1 is 1.35 bits per heavy atom. The maximum absolute atomic E-state index is 11.8. The number of anilines is 1. The monoisotopic (exact) mass is 280 g/mol. The van der Waals surface area contributed by atoms with Crippen molar-refractivity contribution < 1.29 is 25.7 Å². The number of carbonyl (C=O) groups is 2. The number of hydrogen-bond donors (Lipinski definition) is 3. The Bertz CT molecular complexity index is 445. The molecule has 0 saturated heterocycles. The fraction of sp³-hybridized carbons (Fsp3) is 0.429. The molecule has 0 unspecified atom stereocenters. The molecule has 0 spiro atoms. The van der Waals surface area contributed by atoms with Gasteiger partial charge in [0.1, 0.15) is 6.04 Å². The number of amides is 1. The number of aryl methyl sites for hydroxylation is 1. The zero-order valence-electron chi connectivity index (χ0n) is 11.7. The molecule has 0 heterocycles. The van der Waals surface area contributed by atoms with Crippen molar-refractivity contribution in [3.8, 4) is 0 Å². The van der Waals surface area contributed by atoms with E-state index in [1.807, 2.05) is 19.1 Å². The molecule has 0 bridgehead atoms. The van der Waals surface area contributed by atoms with E-state index < -0.39 is 12.0 Å². The van der Waals surface area contributed by atoms with E-state index in [4.69, 9.17) is 0 Å². The van der Waals surface area contributed by atoms with Crippen LogP contribution in [-0.4, -0.2) is 31.0 Å². The Kier molecular flexibility index (Phi) is 6.69. The Morgan fingerprint density at radius 2 is 2.00 bits per heavy atom. The van der Waals surface area contributed by atoms with Crippen molar-refractivity contribution in [2.45, 2.75) is 25.8 Å². The first kappa shape index (κ1) is 16.1. The summed E-state index contributed by atoms with van der Waals surface area (Å²) in [4.78, 5) is 22.8. The molecule has 0 aliphatic rings. The quantitative estimate of drug-likeness (QED) is 0.463. The summed E-state index contributed by atoms with van der Waals surface area (Å²) in [5.41, 5.74) is 5.45. The summed E-state index contributed by atoms with van der Waals surface area (Å²) < 4.78 is 0. The van der Waals surface area contributed by atoms with Crippen molar-refractivity contribution in [2.24, 2.45) is 0 Å². The lowest BCUT2D eigenvalue weighted by Crippen LogP contribution is -2.93. The Morgan fingerprint density at radius 3 is 2.55 bits per heavy atom. The van der Waals surface area contributed by atoms with Crippen LogP contribution in [-0.2, 0) is 9.59 Å². The van der Waals surface area contributed by atoms with Crippen LogP contribution in [0.2, 0.25) is 0 Å². The number of quaternary nitrogens is 2. The van der Waals surface area contributed by atoms with Gasteiger partial charge in [-0.25, -0.2) is 0 Å². The van der Waals surface area contributed by atoms with Gasteiger partial charge in [0.15, 0.2) is 0 Å². The zero-order chi connectivity index (χ0) is 15.0. The molecule has 0 fully saturated rings. The minimum atomic E-state index is -1.21. The van der Waals surface area contributed by atoms with E-state index in [1.54, 1.807) is 17.4 Å². The second-order valence-electron chi connectivity index (χ2n) is 4.78. The van der Waals surface area contributed by atoms with Crippen LogP contribution >= 0.6 is 0 Å². The molecule has 6 N–H and O–H groups in total. The van der Waals surface area contributed by atoms with E-state index in [-0.39, 0.29) is 12.3 Å². The number of nitrogens with two attached hydrogens (primary N) is 1. The molecular formula is C14H22N3O3+. The SMILES string of the molecule is Cc1ccc(NC(=O)C[C@H]([NH2+]CCC[NH3+])C(=O)[O-])cc1. The maximum Gasteiger partial charge on any atom is 0.230 e. The first-order valence-electron chi connectivity index (χ1n) is 6.73. The van der Waals surface area contributed by atoms with Gasteiger partial charge in [0, 0.05) is 12.1 Å². The first-order valence-corrected chi connectivity index (χ1v) is 6.73. The van der Waals surface area contributed by atoms with Gasteiger partial charge < -0.3 is 26.3 Å². The summed E-state index contributed by atoms with van der Waals surface area (Å²) >= 11 is 0. The van der Waals surface area contributed by atoms with Gasteiger partial charge >= 0.3 is 0 Å². The number of carboxylic acids is 1. The third-order valence-corrected chi connectivity index (χ3v) is 2.95. The highest BCUT2D eigenvalue weighted by atomic mass is 16.4. The molecule has 0 radical (unpaired) electrons. The molecule has 1 amide bonds. The maximum atomic E-state index is 11.8. The third kappa shape index (κ3) is 5.81. The van der Waals surface area contributed by atoms with Gasteiger partial charge in [-0.1, -0.05) is 17.7 Å². The number of aliphatic carboxylic acids is 1. The van der Waals surface area contributed by atoms with Crippen molar-refractivity contribution in [3.63, 3.8) is 0 Å². The molecule has 0 saturated carbocycles. The van der Waals surface area contributed by atoms with E-state index in [2.05, 4.69) is 11.1 Å². The van der Waals surface area contributed by atoms with Crippen molar-refractivity contribution in [2.75, 3.05) is 18.4 Å². The van der Waals surface area contributed by atoms with Gasteiger partial charge in [0.05, 0.1) is 25.5 Å². The predicted octanol–water partition coefficient (Wildman–Crippen LogP) is -2.36. The van der Waals surface area contributed by atoms with Crippen LogP contribution in [0.4, 0.5) is 5.69 Å². The highest BCUT2D eigenvalue weighted by Gasteiger charge is 2.18. The number of nitrogens with one attached hydrogen (secondary N) is 1. The average molecular weight is 280 g/mol. The highest BCUT2D eigenvalue weighted by molar-refractivity contribution is 5.93. The number of carbonyl (C=O) groups excluding carboxylic acids is 2. The van der Waals surface area contributed by atoms with Gasteiger partial charge in [-0.05, 0) is 19.1 Å². The van der Waals surface area contributed by atoms with E-state index in [9.17, 15) is 14.7 Å². The van der Waals surface area contributed by atoms with Gasteiger partial charge in [-0.2, -0.15) is 0 Å². The highest BCUT2D eigenvalue weighted by Crippen LogP contribution is 2.08. The fourth-order valence-corrected chi connectivity index (χ4v) is 1.77. The van der Waals surface area contributed by atoms with E-state index >= 15 is 0 Å². The van der Waals surface area contributed by atoms with E-state index in [0.29, 0.717) is 12.2 Å². The summed E-state index contributed by atoms with van der Waals surface area (Å²) in [5.74, 6) is -1.54. The standard InChI is InChI=1S/C14H21N3O3/c1-10-3-5-11(6-4-10)17-13(18)9-12(14(19)20)16-8-2-7-15/h3-6,12,16H,2,7-9,15H2,1H3,(H,17,18)(H,19,20)/p+1/t12-/m0/s1. The number of hydrogen-bond acceptors (Lipinski definition) is 3. The summed E-state index contributed by atoms with van der Waals surface area (Å²) in [6, 6.07) is 6.48. The molecule has 1 aromatic carbocycles. The lowest BCUT2D eigenvalue weighted by Gasteiger charge is -2.16. The lowest BCUT2D eigenvalue weighted by atomic mass is 10.1. The summed E-state index contributed by atoms with van der Waals surface area (Å²) in [6.07, 6.45) is 0.705. The van der Waals surface area contributed by atoms with Gasteiger partial charge in [0.25, 0.3) is 0 Å². The average Bonchev–Trinajstić information content (AvgIpc) is 2.40. The summed E-state index contributed by atoms with van der Waals surface area (Å²) in [5, 5.41) is 15.3. The molecule has 1 atom stereocenters. The Labute approximate surface area is 118 Å².